The maximum absolute atomic E-state index is 11.3. The molecule has 0 unspecified atom stereocenters. The number of halogens is 1. The average molecular weight is 223 g/mol. The van der Waals surface area contributed by atoms with Gasteiger partial charge in [0, 0.05) is 19.0 Å². The Kier molecular flexibility index (Phi) is 4.14. The van der Waals surface area contributed by atoms with E-state index < -0.39 is 0 Å². The van der Waals surface area contributed by atoms with Gasteiger partial charge in [-0.3, -0.25) is 4.79 Å². The minimum Gasteiger partial charge on any atom is -0.323 e. The van der Waals surface area contributed by atoms with E-state index in [-0.39, 0.29) is 11.1 Å². The standard InChI is InChI=1S/C11H11ClN2O/c1-3-4-5-10(15)14-9-6-8(2)7-13-11(9)12/h1,6-7H,4-5H2,2H3,(H,14,15). The number of carbonyl (C=O) groups is 1. The van der Waals surface area contributed by atoms with Gasteiger partial charge in [-0.15, -0.1) is 12.3 Å². The molecule has 1 amide bonds. The van der Waals surface area contributed by atoms with E-state index in [9.17, 15) is 4.79 Å². The fourth-order valence-electron chi connectivity index (χ4n) is 1.04. The average Bonchev–Trinajstić information content (AvgIpc) is 2.20. The van der Waals surface area contributed by atoms with Crippen LogP contribution in [0.25, 0.3) is 0 Å². The van der Waals surface area contributed by atoms with Crippen LogP contribution in [-0.4, -0.2) is 10.9 Å². The Balaban J connectivity index is 2.68. The fraction of sp³-hybridized carbons (Fsp3) is 0.273. The number of rotatable bonds is 3. The number of amides is 1. The van der Waals surface area contributed by atoms with Crippen molar-refractivity contribution in [2.75, 3.05) is 5.32 Å². The lowest BCUT2D eigenvalue weighted by molar-refractivity contribution is -0.116. The third-order valence-electron chi connectivity index (χ3n) is 1.75. The highest BCUT2D eigenvalue weighted by Crippen LogP contribution is 2.19. The molecule has 0 aromatic carbocycles. The van der Waals surface area contributed by atoms with E-state index in [0.717, 1.165) is 5.56 Å². The van der Waals surface area contributed by atoms with E-state index in [1.165, 1.54) is 0 Å². The summed E-state index contributed by atoms with van der Waals surface area (Å²) in [7, 11) is 0. The lowest BCUT2D eigenvalue weighted by Crippen LogP contribution is -2.11. The van der Waals surface area contributed by atoms with Gasteiger partial charge in [-0.05, 0) is 18.6 Å². The van der Waals surface area contributed by atoms with Crippen molar-refractivity contribution < 1.29 is 4.79 Å². The summed E-state index contributed by atoms with van der Waals surface area (Å²) in [5, 5.41) is 2.94. The molecule has 0 saturated carbocycles. The van der Waals surface area contributed by atoms with Crippen molar-refractivity contribution >= 4 is 23.2 Å². The van der Waals surface area contributed by atoms with Gasteiger partial charge in [-0.1, -0.05) is 11.6 Å². The Morgan fingerprint density at radius 3 is 3.13 bits per heavy atom. The first-order valence-electron chi connectivity index (χ1n) is 4.49. The molecular weight excluding hydrogens is 212 g/mol. The summed E-state index contributed by atoms with van der Waals surface area (Å²) < 4.78 is 0. The van der Waals surface area contributed by atoms with Gasteiger partial charge in [0.1, 0.15) is 0 Å². The number of terminal acetylenes is 1. The molecule has 1 heterocycles. The summed E-state index contributed by atoms with van der Waals surface area (Å²) in [5.41, 5.74) is 1.46. The van der Waals surface area contributed by atoms with Crippen LogP contribution in [0, 0.1) is 19.3 Å². The van der Waals surface area contributed by atoms with Crippen molar-refractivity contribution in [1.29, 1.82) is 0 Å². The van der Waals surface area contributed by atoms with Crippen LogP contribution in [0.15, 0.2) is 12.3 Å². The molecule has 0 aliphatic carbocycles. The number of aromatic nitrogens is 1. The van der Waals surface area contributed by atoms with Crippen LogP contribution < -0.4 is 5.32 Å². The number of carbonyl (C=O) groups excluding carboxylic acids is 1. The molecule has 1 rings (SSSR count). The van der Waals surface area contributed by atoms with Gasteiger partial charge >= 0.3 is 0 Å². The molecule has 1 aromatic heterocycles. The summed E-state index contributed by atoms with van der Waals surface area (Å²) in [4.78, 5) is 15.3. The lowest BCUT2D eigenvalue weighted by atomic mass is 10.2. The quantitative estimate of drug-likeness (QED) is 0.630. The third-order valence-corrected chi connectivity index (χ3v) is 2.05. The highest BCUT2D eigenvalue weighted by Gasteiger charge is 2.05. The SMILES string of the molecule is C#CCCC(=O)Nc1cc(C)cnc1Cl. The van der Waals surface area contributed by atoms with Crippen LogP contribution in [0.2, 0.25) is 5.15 Å². The monoisotopic (exact) mass is 222 g/mol. The summed E-state index contributed by atoms with van der Waals surface area (Å²) in [5.74, 6) is 2.25. The second-order valence-electron chi connectivity index (χ2n) is 3.10. The van der Waals surface area contributed by atoms with Crippen LogP contribution in [0.4, 0.5) is 5.69 Å². The van der Waals surface area contributed by atoms with Gasteiger partial charge < -0.3 is 5.32 Å². The predicted octanol–water partition coefficient (Wildman–Crippen LogP) is 2.40. The number of pyridine rings is 1. The lowest BCUT2D eigenvalue weighted by Gasteiger charge is -2.06. The summed E-state index contributed by atoms with van der Waals surface area (Å²) >= 11 is 5.81. The minimum atomic E-state index is -0.151. The smallest absolute Gasteiger partial charge is 0.225 e. The highest BCUT2D eigenvalue weighted by molar-refractivity contribution is 6.32. The largest absolute Gasteiger partial charge is 0.323 e. The van der Waals surface area contributed by atoms with Gasteiger partial charge in [0.2, 0.25) is 5.91 Å². The summed E-state index contributed by atoms with van der Waals surface area (Å²) in [6.07, 6.45) is 7.41. The van der Waals surface area contributed by atoms with Gasteiger partial charge in [-0.2, -0.15) is 0 Å². The molecule has 1 N–H and O–H groups in total. The third kappa shape index (κ3) is 3.61. The van der Waals surface area contributed by atoms with Crippen LogP contribution in [0.3, 0.4) is 0 Å². The molecule has 0 saturated heterocycles. The Hall–Kier alpha value is -1.53. The van der Waals surface area contributed by atoms with Crippen molar-refractivity contribution in [3.05, 3.63) is 23.0 Å². The molecule has 15 heavy (non-hydrogen) atoms. The van der Waals surface area contributed by atoms with Crippen LogP contribution in [0.1, 0.15) is 18.4 Å². The van der Waals surface area contributed by atoms with Gasteiger partial charge in [0.15, 0.2) is 5.15 Å². The number of nitrogens with zero attached hydrogens (tertiary/aromatic N) is 1. The van der Waals surface area contributed by atoms with Crippen molar-refractivity contribution in [1.82, 2.24) is 4.98 Å². The number of aryl methyl sites for hydroxylation is 1. The first-order valence-corrected chi connectivity index (χ1v) is 4.86. The molecule has 0 radical (unpaired) electrons. The van der Waals surface area contributed by atoms with E-state index in [2.05, 4.69) is 16.2 Å². The van der Waals surface area contributed by atoms with Crippen LogP contribution >= 0.6 is 11.6 Å². The van der Waals surface area contributed by atoms with E-state index in [1.54, 1.807) is 12.3 Å². The summed E-state index contributed by atoms with van der Waals surface area (Å²) in [6, 6.07) is 1.77. The van der Waals surface area contributed by atoms with E-state index in [0.29, 0.717) is 18.5 Å². The molecule has 0 fully saturated rings. The van der Waals surface area contributed by atoms with Crippen LogP contribution in [0.5, 0.6) is 0 Å². The number of nitrogens with one attached hydrogen (secondary N) is 1. The maximum atomic E-state index is 11.3. The molecule has 0 atom stereocenters. The molecule has 1 aromatic rings. The molecule has 0 bridgehead atoms. The van der Waals surface area contributed by atoms with Crippen molar-refractivity contribution in [2.45, 2.75) is 19.8 Å². The Bertz CT molecular complexity index is 410. The second kappa shape index (κ2) is 5.38. The molecular formula is C11H11ClN2O. The number of hydrogen-bond donors (Lipinski definition) is 1. The molecule has 0 spiro atoms. The highest BCUT2D eigenvalue weighted by atomic mass is 35.5. The normalized spacial score (nSPS) is 9.40. The first-order chi connectivity index (χ1) is 7.13. The predicted molar refractivity (Wildman–Crippen MR) is 60.7 cm³/mol. The number of anilines is 1. The Morgan fingerprint density at radius 2 is 2.47 bits per heavy atom. The molecule has 78 valence electrons. The molecule has 0 aliphatic rings. The molecule has 4 heteroatoms. The zero-order valence-corrected chi connectivity index (χ0v) is 9.14. The minimum absolute atomic E-state index is 0.151. The molecule has 0 aliphatic heterocycles. The van der Waals surface area contributed by atoms with Crippen molar-refractivity contribution in [3.63, 3.8) is 0 Å². The van der Waals surface area contributed by atoms with E-state index in [4.69, 9.17) is 18.0 Å². The zero-order valence-electron chi connectivity index (χ0n) is 8.38. The van der Waals surface area contributed by atoms with E-state index >= 15 is 0 Å². The second-order valence-corrected chi connectivity index (χ2v) is 3.46. The summed E-state index contributed by atoms with van der Waals surface area (Å²) in [6.45, 7) is 1.88. The van der Waals surface area contributed by atoms with Crippen molar-refractivity contribution in [3.8, 4) is 12.3 Å². The zero-order chi connectivity index (χ0) is 11.3. The Morgan fingerprint density at radius 1 is 1.73 bits per heavy atom. The van der Waals surface area contributed by atoms with Crippen LogP contribution in [-0.2, 0) is 4.79 Å². The van der Waals surface area contributed by atoms with Crippen molar-refractivity contribution in [2.24, 2.45) is 0 Å². The maximum Gasteiger partial charge on any atom is 0.225 e. The Labute approximate surface area is 93.9 Å². The first kappa shape index (κ1) is 11.5. The van der Waals surface area contributed by atoms with Gasteiger partial charge in [-0.25, -0.2) is 4.98 Å². The number of hydrogen-bond acceptors (Lipinski definition) is 2. The van der Waals surface area contributed by atoms with Gasteiger partial charge in [0.05, 0.1) is 5.69 Å². The topological polar surface area (TPSA) is 42.0 Å². The van der Waals surface area contributed by atoms with Gasteiger partial charge in [0.25, 0.3) is 0 Å². The van der Waals surface area contributed by atoms with E-state index in [1.807, 2.05) is 6.92 Å². The fourth-order valence-corrected chi connectivity index (χ4v) is 1.19. The molecule has 3 nitrogen and oxygen atoms in total.